The third kappa shape index (κ3) is 2.81. The van der Waals surface area contributed by atoms with Gasteiger partial charge in [-0.05, 0) is 12.8 Å². The van der Waals surface area contributed by atoms with E-state index in [0.29, 0.717) is 26.0 Å². The first-order valence-corrected chi connectivity index (χ1v) is 6.58. The largest absolute Gasteiger partial charge is 0.368 e. The van der Waals surface area contributed by atoms with Crippen molar-refractivity contribution in [3.63, 3.8) is 0 Å². The maximum atomic E-state index is 12.1. The van der Waals surface area contributed by atoms with Gasteiger partial charge in [-0.1, -0.05) is 19.3 Å². The normalized spacial score (nSPS) is 27.4. The Morgan fingerprint density at radius 2 is 2.00 bits per heavy atom. The van der Waals surface area contributed by atoms with Gasteiger partial charge in [-0.3, -0.25) is 9.59 Å². The van der Waals surface area contributed by atoms with Gasteiger partial charge in [-0.2, -0.15) is 0 Å². The Hall–Kier alpha value is -1.14. The second-order valence-corrected chi connectivity index (χ2v) is 5.06. The third-order valence-corrected chi connectivity index (χ3v) is 3.76. The second-order valence-electron chi connectivity index (χ2n) is 5.06. The third-order valence-electron chi connectivity index (χ3n) is 3.76. The van der Waals surface area contributed by atoms with Crippen molar-refractivity contribution >= 4 is 11.8 Å². The van der Waals surface area contributed by atoms with Crippen molar-refractivity contribution in [1.29, 1.82) is 0 Å². The molecule has 0 spiro atoms. The molecule has 0 aromatic rings. The summed E-state index contributed by atoms with van der Waals surface area (Å²) in [6, 6.07) is 0. The highest BCUT2D eigenvalue weighted by Gasteiger charge is 2.40. The Morgan fingerprint density at radius 1 is 1.28 bits per heavy atom. The lowest BCUT2D eigenvalue weighted by atomic mass is 9.81. The molecule has 0 aromatic carbocycles. The molecular weight excluding hydrogens is 234 g/mol. The zero-order valence-corrected chi connectivity index (χ0v) is 10.5. The van der Waals surface area contributed by atoms with Crippen LogP contribution in [0.4, 0.5) is 0 Å². The minimum absolute atomic E-state index is 0.233. The number of morpholine rings is 1. The van der Waals surface area contributed by atoms with Crippen LogP contribution in [0, 0.1) is 0 Å². The first-order chi connectivity index (χ1) is 8.64. The molecule has 2 aliphatic rings. The Balaban J connectivity index is 1.99. The molecule has 4 N–H and O–H groups in total. The number of ether oxygens (including phenoxy) is 1. The van der Waals surface area contributed by atoms with E-state index >= 15 is 0 Å². The highest BCUT2D eigenvalue weighted by molar-refractivity contribution is 5.92. The molecule has 1 heterocycles. The molecule has 18 heavy (non-hydrogen) atoms. The summed E-state index contributed by atoms with van der Waals surface area (Å²) in [5.74, 6) is -0.665. The van der Waals surface area contributed by atoms with Crippen molar-refractivity contribution in [2.24, 2.45) is 5.73 Å². The number of hydrogen-bond acceptors (Lipinski definition) is 4. The van der Waals surface area contributed by atoms with E-state index in [9.17, 15) is 9.59 Å². The molecule has 102 valence electrons. The van der Waals surface area contributed by atoms with Crippen LogP contribution in [0.5, 0.6) is 0 Å². The Labute approximate surface area is 107 Å². The zero-order valence-electron chi connectivity index (χ0n) is 10.5. The predicted octanol–water partition coefficient (Wildman–Crippen LogP) is -0.721. The van der Waals surface area contributed by atoms with E-state index in [1.54, 1.807) is 0 Å². The SMILES string of the molecule is NC(=O)C1(NC(=O)[C@H]2CNCCO2)CCCCC1. The van der Waals surface area contributed by atoms with Crippen LogP contribution in [-0.2, 0) is 14.3 Å². The van der Waals surface area contributed by atoms with Crippen molar-refractivity contribution in [2.45, 2.75) is 43.7 Å². The molecule has 1 atom stereocenters. The van der Waals surface area contributed by atoms with Crippen molar-refractivity contribution in [3.8, 4) is 0 Å². The quantitative estimate of drug-likeness (QED) is 0.620. The summed E-state index contributed by atoms with van der Waals surface area (Å²) in [5, 5.41) is 5.92. The van der Waals surface area contributed by atoms with Gasteiger partial charge in [0.15, 0.2) is 0 Å². The van der Waals surface area contributed by atoms with Crippen LogP contribution >= 0.6 is 0 Å². The van der Waals surface area contributed by atoms with Crippen LogP contribution in [0.1, 0.15) is 32.1 Å². The molecule has 0 unspecified atom stereocenters. The van der Waals surface area contributed by atoms with E-state index < -0.39 is 17.6 Å². The average Bonchev–Trinajstić information content (AvgIpc) is 2.40. The number of rotatable bonds is 3. The maximum absolute atomic E-state index is 12.1. The van der Waals surface area contributed by atoms with E-state index in [0.717, 1.165) is 25.8 Å². The van der Waals surface area contributed by atoms with Gasteiger partial charge in [0.05, 0.1) is 6.61 Å². The molecule has 6 nitrogen and oxygen atoms in total. The summed E-state index contributed by atoms with van der Waals surface area (Å²) in [5.41, 5.74) is 4.60. The van der Waals surface area contributed by atoms with Crippen LogP contribution < -0.4 is 16.4 Å². The lowest BCUT2D eigenvalue weighted by Gasteiger charge is -2.36. The fourth-order valence-electron chi connectivity index (χ4n) is 2.64. The van der Waals surface area contributed by atoms with E-state index in [2.05, 4.69) is 10.6 Å². The number of carbonyl (C=O) groups excluding carboxylic acids is 2. The topological polar surface area (TPSA) is 93.5 Å². The lowest BCUT2D eigenvalue weighted by Crippen LogP contribution is -2.62. The van der Waals surface area contributed by atoms with Gasteiger partial charge in [0.2, 0.25) is 5.91 Å². The molecular formula is C12H21N3O3. The summed E-state index contributed by atoms with van der Waals surface area (Å²) < 4.78 is 5.38. The highest BCUT2D eigenvalue weighted by Crippen LogP contribution is 2.28. The summed E-state index contributed by atoms with van der Waals surface area (Å²) >= 11 is 0. The van der Waals surface area contributed by atoms with Crippen LogP contribution in [0.15, 0.2) is 0 Å². The molecule has 1 saturated heterocycles. The number of hydrogen-bond donors (Lipinski definition) is 3. The lowest BCUT2D eigenvalue weighted by molar-refractivity contribution is -0.141. The van der Waals surface area contributed by atoms with Crippen molar-refractivity contribution in [3.05, 3.63) is 0 Å². The summed E-state index contributed by atoms with van der Waals surface area (Å²) in [7, 11) is 0. The molecule has 0 aromatic heterocycles. The zero-order chi connectivity index (χ0) is 13.0. The molecule has 0 radical (unpaired) electrons. The molecule has 1 aliphatic carbocycles. The molecule has 2 rings (SSSR count). The van der Waals surface area contributed by atoms with Gasteiger partial charge in [-0.25, -0.2) is 0 Å². The summed E-state index contributed by atoms with van der Waals surface area (Å²) in [6.45, 7) is 1.76. The number of primary amides is 1. The van der Waals surface area contributed by atoms with Gasteiger partial charge < -0.3 is 21.1 Å². The monoisotopic (exact) mass is 255 g/mol. The van der Waals surface area contributed by atoms with Crippen LogP contribution in [-0.4, -0.2) is 43.2 Å². The fraction of sp³-hybridized carbons (Fsp3) is 0.833. The summed E-state index contributed by atoms with van der Waals surface area (Å²) in [4.78, 5) is 23.7. The first kappa shape index (κ1) is 13.3. The Kier molecular flexibility index (Phi) is 4.19. The summed E-state index contributed by atoms with van der Waals surface area (Å²) in [6.07, 6.45) is 3.69. The highest BCUT2D eigenvalue weighted by atomic mass is 16.5. The minimum atomic E-state index is -0.865. The fourth-order valence-corrected chi connectivity index (χ4v) is 2.64. The average molecular weight is 255 g/mol. The van der Waals surface area contributed by atoms with E-state index in [-0.39, 0.29) is 5.91 Å². The second kappa shape index (κ2) is 5.67. The van der Waals surface area contributed by atoms with Gasteiger partial charge in [0.1, 0.15) is 11.6 Å². The first-order valence-electron chi connectivity index (χ1n) is 6.58. The van der Waals surface area contributed by atoms with E-state index in [4.69, 9.17) is 10.5 Å². The molecule has 1 aliphatic heterocycles. The standard InChI is InChI=1S/C12H21N3O3/c13-11(17)12(4-2-1-3-5-12)15-10(16)9-8-14-6-7-18-9/h9,14H,1-8H2,(H2,13,17)(H,15,16)/t9-/m1/s1. The van der Waals surface area contributed by atoms with E-state index in [1.807, 2.05) is 0 Å². The number of nitrogens with one attached hydrogen (secondary N) is 2. The maximum Gasteiger partial charge on any atom is 0.251 e. The molecule has 1 saturated carbocycles. The minimum Gasteiger partial charge on any atom is -0.368 e. The molecule has 6 heteroatoms. The van der Waals surface area contributed by atoms with Gasteiger partial charge in [0, 0.05) is 13.1 Å². The van der Waals surface area contributed by atoms with Gasteiger partial charge in [-0.15, -0.1) is 0 Å². The molecule has 2 fully saturated rings. The van der Waals surface area contributed by atoms with Crippen LogP contribution in [0.25, 0.3) is 0 Å². The van der Waals surface area contributed by atoms with Gasteiger partial charge >= 0.3 is 0 Å². The Morgan fingerprint density at radius 3 is 2.56 bits per heavy atom. The van der Waals surface area contributed by atoms with Crippen LogP contribution in [0.2, 0.25) is 0 Å². The smallest absolute Gasteiger partial charge is 0.251 e. The molecule has 0 bridgehead atoms. The van der Waals surface area contributed by atoms with Crippen molar-refractivity contribution < 1.29 is 14.3 Å². The number of carbonyl (C=O) groups is 2. The van der Waals surface area contributed by atoms with Crippen molar-refractivity contribution in [2.75, 3.05) is 19.7 Å². The number of amides is 2. The van der Waals surface area contributed by atoms with Crippen LogP contribution in [0.3, 0.4) is 0 Å². The van der Waals surface area contributed by atoms with Crippen molar-refractivity contribution in [1.82, 2.24) is 10.6 Å². The number of nitrogens with two attached hydrogens (primary N) is 1. The van der Waals surface area contributed by atoms with E-state index in [1.165, 1.54) is 0 Å². The Bertz CT molecular complexity index is 321. The molecule has 2 amide bonds. The van der Waals surface area contributed by atoms with Gasteiger partial charge in [0.25, 0.3) is 5.91 Å². The predicted molar refractivity (Wildman–Crippen MR) is 65.8 cm³/mol.